The highest BCUT2D eigenvalue weighted by atomic mass is 16.3. The molecule has 106 valence electrons. The summed E-state index contributed by atoms with van der Waals surface area (Å²) in [7, 11) is 0. The predicted octanol–water partition coefficient (Wildman–Crippen LogP) is 3.00. The van der Waals surface area contributed by atoms with Gasteiger partial charge >= 0.3 is 0 Å². The number of rotatable bonds is 5. The molecule has 19 heavy (non-hydrogen) atoms. The lowest BCUT2D eigenvalue weighted by molar-refractivity contribution is 0.164. The molecule has 2 N–H and O–H groups in total. The van der Waals surface area contributed by atoms with Gasteiger partial charge < -0.3 is 10.4 Å². The highest BCUT2D eigenvalue weighted by Gasteiger charge is 2.28. The van der Waals surface area contributed by atoms with E-state index in [0.29, 0.717) is 12.0 Å². The second kappa shape index (κ2) is 7.06. The molecule has 0 aromatic heterocycles. The van der Waals surface area contributed by atoms with Gasteiger partial charge in [0.25, 0.3) is 0 Å². The van der Waals surface area contributed by atoms with Crippen LogP contribution in [0.1, 0.15) is 38.7 Å². The minimum Gasteiger partial charge on any atom is -0.395 e. The maximum absolute atomic E-state index is 9.61. The Morgan fingerprint density at radius 1 is 1.21 bits per heavy atom. The molecular formula is C17H27NO. The third-order valence-corrected chi connectivity index (χ3v) is 4.70. The second-order valence-corrected chi connectivity index (χ2v) is 6.11. The molecule has 2 nitrogen and oxygen atoms in total. The average Bonchev–Trinajstić information content (AvgIpc) is 2.44. The van der Waals surface area contributed by atoms with Crippen molar-refractivity contribution in [2.24, 2.45) is 11.8 Å². The lowest BCUT2D eigenvalue weighted by Crippen LogP contribution is -2.48. The van der Waals surface area contributed by atoms with Gasteiger partial charge in [-0.1, -0.05) is 57.0 Å². The Balaban J connectivity index is 1.91. The first-order valence-electron chi connectivity index (χ1n) is 7.61. The van der Waals surface area contributed by atoms with Gasteiger partial charge in [0.1, 0.15) is 0 Å². The van der Waals surface area contributed by atoms with E-state index in [1.165, 1.54) is 24.8 Å². The third-order valence-electron chi connectivity index (χ3n) is 4.70. The predicted molar refractivity (Wildman–Crippen MR) is 80.1 cm³/mol. The molecule has 1 aliphatic rings. The number of benzene rings is 1. The summed E-state index contributed by atoms with van der Waals surface area (Å²) in [6, 6.07) is 11.2. The van der Waals surface area contributed by atoms with Crippen LogP contribution in [-0.4, -0.2) is 23.8 Å². The number of aliphatic hydroxyl groups excluding tert-OH is 1. The number of aliphatic hydroxyl groups is 1. The summed E-state index contributed by atoms with van der Waals surface area (Å²) in [5, 5.41) is 13.3. The van der Waals surface area contributed by atoms with Crippen molar-refractivity contribution in [3.8, 4) is 0 Å². The van der Waals surface area contributed by atoms with Crippen LogP contribution >= 0.6 is 0 Å². The summed E-state index contributed by atoms with van der Waals surface area (Å²) in [5.74, 6) is 1.50. The highest BCUT2D eigenvalue weighted by Crippen LogP contribution is 2.29. The summed E-state index contributed by atoms with van der Waals surface area (Å²) < 4.78 is 0. The third kappa shape index (κ3) is 4.05. The molecule has 2 rings (SSSR count). The zero-order valence-corrected chi connectivity index (χ0v) is 12.2. The van der Waals surface area contributed by atoms with Gasteiger partial charge in [-0.3, -0.25) is 0 Å². The summed E-state index contributed by atoms with van der Waals surface area (Å²) in [6.07, 6.45) is 4.82. The maximum Gasteiger partial charge on any atom is 0.0587 e. The topological polar surface area (TPSA) is 32.3 Å². The van der Waals surface area contributed by atoms with Gasteiger partial charge in [0.05, 0.1) is 6.61 Å². The molecule has 0 amide bonds. The van der Waals surface area contributed by atoms with Crippen LogP contribution in [0.4, 0.5) is 0 Å². The molecule has 0 saturated heterocycles. The molecule has 1 saturated carbocycles. The van der Waals surface area contributed by atoms with Crippen molar-refractivity contribution in [2.75, 3.05) is 6.61 Å². The molecule has 1 fully saturated rings. The molecule has 0 spiro atoms. The summed E-state index contributed by atoms with van der Waals surface area (Å²) >= 11 is 0. The Morgan fingerprint density at radius 2 is 1.95 bits per heavy atom. The Morgan fingerprint density at radius 3 is 2.63 bits per heavy atom. The number of nitrogens with one attached hydrogen (secondary N) is 1. The molecule has 1 aromatic rings. The lowest BCUT2D eigenvalue weighted by atomic mass is 9.77. The van der Waals surface area contributed by atoms with Crippen molar-refractivity contribution in [2.45, 2.75) is 51.6 Å². The molecule has 0 heterocycles. The first kappa shape index (κ1) is 14.5. The van der Waals surface area contributed by atoms with E-state index in [1.807, 2.05) is 6.07 Å². The minimum absolute atomic E-state index is 0.181. The van der Waals surface area contributed by atoms with Crippen LogP contribution in [0, 0.1) is 11.8 Å². The maximum atomic E-state index is 9.61. The van der Waals surface area contributed by atoms with E-state index >= 15 is 0 Å². The molecule has 0 aliphatic heterocycles. The zero-order chi connectivity index (χ0) is 13.7. The van der Waals surface area contributed by atoms with Crippen LogP contribution in [0.5, 0.6) is 0 Å². The van der Waals surface area contributed by atoms with E-state index in [2.05, 4.69) is 43.4 Å². The smallest absolute Gasteiger partial charge is 0.0587 e. The van der Waals surface area contributed by atoms with E-state index in [1.54, 1.807) is 0 Å². The molecule has 3 unspecified atom stereocenters. The number of hydrogen-bond donors (Lipinski definition) is 2. The van der Waals surface area contributed by atoms with E-state index < -0.39 is 0 Å². The quantitative estimate of drug-likeness (QED) is 0.854. The van der Waals surface area contributed by atoms with Crippen molar-refractivity contribution in [1.29, 1.82) is 0 Å². The van der Waals surface area contributed by atoms with Gasteiger partial charge in [0, 0.05) is 12.1 Å². The van der Waals surface area contributed by atoms with Gasteiger partial charge in [-0.2, -0.15) is 0 Å². The Labute approximate surface area is 117 Å². The first-order chi connectivity index (χ1) is 9.20. The zero-order valence-electron chi connectivity index (χ0n) is 12.2. The minimum atomic E-state index is 0.181. The van der Waals surface area contributed by atoms with Crippen LogP contribution in [0.2, 0.25) is 0 Å². The Kier molecular flexibility index (Phi) is 5.41. The van der Waals surface area contributed by atoms with Crippen molar-refractivity contribution < 1.29 is 5.11 Å². The Bertz CT molecular complexity index is 365. The average molecular weight is 261 g/mol. The normalized spacial score (nSPS) is 29.1. The van der Waals surface area contributed by atoms with Gasteiger partial charge in [-0.25, -0.2) is 0 Å². The SMILES string of the molecule is CC1CCCC(N[C@@H](CO)Cc2ccccc2)C1C. The van der Waals surface area contributed by atoms with Crippen molar-refractivity contribution in [1.82, 2.24) is 5.32 Å². The van der Waals surface area contributed by atoms with Crippen LogP contribution < -0.4 is 5.32 Å². The standard InChI is InChI=1S/C17H27NO/c1-13-7-6-10-17(14(13)2)18-16(12-19)11-15-8-4-3-5-9-15/h3-5,8-9,13-14,16-19H,6-7,10-12H2,1-2H3/t13?,14?,16-,17?/m1/s1. The molecule has 0 bridgehead atoms. The van der Waals surface area contributed by atoms with E-state index in [9.17, 15) is 5.11 Å². The molecule has 0 radical (unpaired) electrons. The molecule has 1 aromatic carbocycles. The Hall–Kier alpha value is -0.860. The van der Waals surface area contributed by atoms with Crippen molar-refractivity contribution in [3.05, 3.63) is 35.9 Å². The van der Waals surface area contributed by atoms with Gasteiger partial charge in [0.2, 0.25) is 0 Å². The van der Waals surface area contributed by atoms with Gasteiger partial charge in [-0.05, 0) is 30.2 Å². The molecule has 4 atom stereocenters. The van der Waals surface area contributed by atoms with Crippen LogP contribution in [-0.2, 0) is 6.42 Å². The molecule has 1 aliphatic carbocycles. The fourth-order valence-corrected chi connectivity index (χ4v) is 3.19. The van der Waals surface area contributed by atoms with Gasteiger partial charge in [0.15, 0.2) is 0 Å². The summed E-state index contributed by atoms with van der Waals surface area (Å²) in [4.78, 5) is 0. The summed E-state index contributed by atoms with van der Waals surface area (Å²) in [6.45, 7) is 4.91. The highest BCUT2D eigenvalue weighted by molar-refractivity contribution is 5.16. The fraction of sp³-hybridized carbons (Fsp3) is 0.647. The second-order valence-electron chi connectivity index (χ2n) is 6.11. The van der Waals surface area contributed by atoms with Crippen molar-refractivity contribution in [3.63, 3.8) is 0 Å². The summed E-state index contributed by atoms with van der Waals surface area (Å²) in [5.41, 5.74) is 1.30. The molecule has 2 heteroatoms. The van der Waals surface area contributed by atoms with Gasteiger partial charge in [-0.15, -0.1) is 0 Å². The fourth-order valence-electron chi connectivity index (χ4n) is 3.19. The van der Waals surface area contributed by atoms with E-state index in [4.69, 9.17) is 0 Å². The lowest BCUT2D eigenvalue weighted by Gasteiger charge is -2.37. The molecular weight excluding hydrogens is 234 g/mol. The monoisotopic (exact) mass is 261 g/mol. The number of hydrogen-bond acceptors (Lipinski definition) is 2. The largest absolute Gasteiger partial charge is 0.395 e. The first-order valence-corrected chi connectivity index (χ1v) is 7.61. The van der Waals surface area contributed by atoms with Crippen LogP contribution in [0.15, 0.2) is 30.3 Å². The van der Waals surface area contributed by atoms with Crippen LogP contribution in [0.25, 0.3) is 0 Å². The van der Waals surface area contributed by atoms with E-state index in [-0.39, 0.29) is 12.6 Å². The van der Waals surface area contributed by atoms with Crippen LogP contribution in [0.3, 0.4) is 0 Å². The van der Waals surface area contributed by atoms with Crippen molar-refractivity contribution >= 4 is 0 Å². The van der Waals surface area contributed by atoms with E-state index in [0.717, 1.165) is 12.3 Å².